The lowest BCUT2D eigenvalue weighted by molar-refractivity contribution is 0.645. The Hall–Kier alpha value is -1.80. The molecule has 2 aromatic carbocycles. The maximum absolute atomic E-state index is 3.50. The first kappa shape index (κ1) is 10.4. The van der Waals surface area contributed by atoms with E-state index in [0.29, 0.717) is 0 Å². The molecule has 0 saturated carbocycles. The third kappa shape index (κ3) is 2.17. The lowest BCUT2D eigenvalue weighted by Gasteiger charge is -2.21. The number of nitrogens with one attached hydrogen (secondary N) is 2. The predicted octanol–water partition coefficient (Wildman–Crippen LogP) is 3.08. The zero-order valence-electron chi connectivity index (χ0n) is 9.74. The van der Waals surface area contributed by atoms with Gasteiger partial charge in [0.15, 0.2) is 0 Å². The SMILES string of the molecule is c1ccc(Nc2cccc3c2CCNC3)cc1. The first-order valence-corrected chi connectivity index (χ1v) is 6.07. The Bertz CT molecular complexity index is 506. The van der Waals surface area contributed by atoms with Crippen molar-refractivity contribution < 1.29 is 0 Å². The molecule has 2 aromatic rings. The fraction of sp³-hybridized carbons (Fsp3) is 0.200. The number of anilines is 2. The van der Waals surface area contributed by atoms with Crippen molar-refractivity contribution in [3.63, 3.8) is 0 Å². The average molecular weight is 224 g/mol. The van der Waals surface area contributed by atoms with Crippen LogP contribution in [0.25, 0.3) is 0 Å². The van der Waals surface area contributed by atoms with Gasteiger partial charge in [-0.05, 0) is 42.3 Å². The fourth-order valence-corrected chi connectivity index (χ4v) is 2.33. The van der Waals surface area contributed by atoms with Gasteiger partial charge in [-0.1, -0.05) is 30.3 Å². The summed E-state index contributed by atoms with van der Waals surface area (Å²) in [6.45, 7) is 2.06. The van der Waals surface area contributed by atoms with Gasteiger partial charge in [0.25, 0.3) is 0 Å². The molecule has 0 atom stereocenters. The quantitative estimate of drug-likeness (QED) is 0.819. The van der Waals surface area contributed by atoms with Crippen molar-refractivity contribution in [2.75, 3.05) is 11.9 Å². The van der Waals surface area contributed by atoms with Crippen LogP contribution >= 0.6 is 0 Å². The van der Waals surface area contributed by atoms with E-state index in [2.05, 4.69) is 53.1 Å². The van der Waals surface area contributed by atoms with Crippen LogP contribution in [0.1, 0.15) is 11.1 Å². The van der Waals surface area contributed by atoms with Crippen LogP contribution in [0.2, 0.25) is 0 Å². The lowest BCUT2D eigenvalue weighted by atomic mass is 9.99. The number of rotatable bonds is 2. The Morgan fingerprint density at radius 2 is 1.82 bits per heavy atom. The van der Waals surface area contributed by atoms with Crippen molar-refractivity contribution in [3.8, 4) is 0 Å². The monoisotopic (exact) mass is 224 g/mol. The van der Waals surface area contributed by atoms with Crippen molar-refractivity contribution in [3.05, 3.63) is 59.7 Å². The molecule has 2 N–H and O–H groups in total. The summed E-state index contributed by atoms with van der Waals surface area (Å²) in [6, 6.07) is 16.8. The van der Waals surface area contributed by atoms with Crippen molar-refractivity contribution in [2.45, 2.75) is 13.0 Å². The zero-order valence-corrected chi connectivity index (χ0v) is 9.74. The van der Waals surface area contributed by atoms with Gasteiger partial charge in [0.1, 0.15) is 0 Å². The van der Waals surface area contributed by atoms with Gasteiger partial charge in [-0.3, -0.25) is 0 Å². The summed E-state index contributed by atoms with van der Waals surface area (Å²) in [6.07, 6.45) is 1.10. The number of hydrogen-bond acceptors (Lipinski definition) is 2. The molecule has 0 radical (unpaired) electrons. The van der Waals surface area contributed by atoms with Crippen molar-refractivity contribution in [1.29, 1.82) is 0 Å². The van der Waals surface area contributed by atoms with E-state index in [9.17, 15) is 0 Å². The summed E-state index contributed by atoms with van der Waals surface area (Å²) in [5.74, 6) is 0. The van der Waals surface area contributed by atoms with Crippen LogP contribution in [0.3, 0.4) is 0 Å². The molecule has 1 aliphatic rings. The third-order valence-electron chi connectivity index (χ3n) is 3.19. The van der Waals surface area contributed by atoms with E-state index < -0.39 is 0 Å². The van der Waals surface area contributed by atoms with Gasteiger partial charge in [-0.25, -0.2) is 0 Å². The highest BCUT2D eigenvalue weighted by atomic mass is 14.9. The molecule has 0 fully saturated rings. The second kappa shape index (κ2) is 4.60. The molecule has 86 valence electrons. The zero-order chi connectivity index (χ0) is 11.5. The van der Waals surface area contributed by atoms with Crippen molar-refractivity contribution >= 4 is 11.4 Å². The second-order valence-corrected chi connectivity index (χ2v) is 4.36. The van der Waals surface area contributed by atoms with Gasteiger partial charge in [0.2, 0.25) is 0 Å². The lowest BCUT2D eigenvalue weighted by Crippen LogP contribution is -2.24. The van der Waals surface area contributed by atoms with Crippen LogP contribution in [0, 0.1) is 0 Å². The number of benzene rings is 2. The second-order valence-electron chi connectivity index (χ2n) is 4.36. The minimum Gasteiger partial charge on any atom is -0.355 e. The number of fused-ring (bicyclic) bond motifs is 1. The molecule has 2 nitrogen and oxygen atoms in total. The van der Waals surface area contributed by atoms with Crippen LogP contribution in [0.15, 0.2) is 48.5 Å². The van der Waals surface area contributed by atoms with E-state index in [4.69, 9.17) is 0 Å². The molecule has 0 spiro atoms. The van der Waals surface area contributed by atoms with E-state index in [0.717, 1.165) is 25.2 Å². The molecule has 1 heterocycles. The average Bonchev–Trinajstić information content (AvgIpc) is 2.40. The summed E-state index contributed by atoms with van der Waals surface area (Å²) < 4.78 is 0. The summed E-state index contributed by atoms with van der Waals surface area (Å²) in [5, 5.41) is 6.91. The van der Waals surface area contributed by atoms with Gasteiger partial charge in [0, 0.05) is 17.9 Å². The standard InChI is InChI=1S/C15H16N2/c1-2-6-13(7-3-1)17-15-8-4-5-12-11-16-10-9-14(12)15/h1-8,16-17H,9-11H2. The van der Waals surface area contributed by atoms with E-state index >= 15 is 0 Å². The van der Waals surface area contributed by atoms with Crippen LogP contribution in [-0.4, -0.2) is 6.54 Å². The van der Waals surface area contributed by atoms with E-state index in [1.807, 2.05) is 6.07 Å². The van der Waals surface area contributed by atoms with E-state index in [-0.39, 0.29) is 0 Å². The number of para-hydroxylation sites is 1. The molecule has 0 bridgehead atoms. The maximum Gasteiger partial charge on any atom is 0.0420 e. The molecule has 3 rings (SSSR count). The molecular weight excluding hydrogens is 208 g/mol. The van der Waals surface area contributed by atoms with Gasteiger partial charge in [0.05, 0.1) is 0 Å². The molecule has 1 aliphatic heterocycles. The molecular formula is C15H16N2. The molecule has 2 heteroatoms. The molecule has 17 heavy (non-hydrogen) atoms. The van der Waals surface area contributed by atoms with Crippen LogP contribution < -0.4 is 10.6 Å². The minimum atomic E-state index is 0.986. The summed E-state index contributed by atoms with van der Waals surface area (Å²) in [5.41, 5.74) is 5.27. The first-order chi connectivity index (χ1) is 8.43. The van der Waals surface area contributed by atoms with Gasteiger partial charge in [-0.15, -0.1) is 0 Å². The summed E-state index contributed by atoms with van der Waals surface area (Å²) in [4.78, 5) is 0. The Labute approximate surface area is 102 Å². The van der Waals surface area contributed by atoms with Crippen molar-refractivity contribution in [1.82, 2.24) is 5.32 Å². The molecule has 0 unspecified atom stereocenters. The highest BCUT2D eigenvalue weighted by Crippen LogP contribution is 2.25. The maximum atomic E-state index is 3.50. The Morgan fingerprint density at radius 3 is 2.71 bits per heavy atom. The van der Waals surface area contributed by atoms with Crippen molar-refractivity contribution in [2.24, 2.45) is 0 Å². The third-order valence-corrected chi connectivity index (χ3v) is 3.19. The van der Waals surface area contributed by atoms with Gasteiger partial charge >= 0.3 is 0 Å². The fourth-order valence-electron chi connectivity index (χ4n) is 2.33. The summed E-state index contributed by atoms with van der Waals surface area (Å²) in [7, 11) is 0. The predicted molar refractivity (Wildman–Crippen MR) is 71.6 cm³/mol. The highest BCUT2D eigenvalue weighted by molar-refractivity contribution is 5.65. The van der Waals surface area contributed by atoms with Gasteiger partial charge < -0.3 is 10.6 Å². The van der Waals surface area contributed by atoms with Crippen LogP contribution in [0.5, 0.6) is 0 Å². The minimum absolute atomic E-state index is 0.986. The molecule has 0 aliphatic carbocycles. The first-order valence-electron chi connectivity index (χ1n) is 6.07. The topological polar surface area (TPSA) is 24.1 Å². The van der Waals surface area contributed by atoms with E-state index in [1.54, 1.807) is 0 Å². The van der Waals surface area contributed by atoms with Crippen LogP contribution in [0.4, 0.5) is 11.4 Å². The molecule has 0 aromatic heterocycles. The van der Waals surface area contributed by atoms with E-state index in [1.165, 1.54) is 16.8 Å². The Balaban J connectivity index is 1.93. The Morgan fingerprint density at radius 1 is 0.941 bits per heavy atom. The molecule has 0 saturated heterocycles. The van der Waals surface area contributed by atoms with Crippen LogP contribution in [-0.2, 0) is 13.0 Å². The molecule has 0 amide bonds. The summed E-state index contributed by atoms with van der Waals surface area (Å²) >= 11 is 0. The number of hydrogen-bond donors (Lipinski definition) is 2. The highest BCUT2D eigenvalue weighted by Gasteiger charge is 2.11. The van der Waals surface area contributed by atoms with Gasteiger partial charge in [-0.2, -0.15) is 0 Å². The normalized spacial score (nSPS) is 14.1. The Kier molecular flexibility index (Phi) is 2.80. The smallest absolute Gasteiger partial charge is 0.0420 e. The largest absolute Gasteiger partial charge is 0.355 e.